The number of carbonyl (C=O) groups is 1. The molecule has 0 spiro atoms. The van der Waals surface area contributed by atoms with E-state index in [1.165, 1.54) is 5.56 Å². The van der Waals surface area contributed by atoms with Crippen LogP contribution in [0.25, 0.3) is 5.69 Å². The van der Waals surface area contributed by atoms with E-state index in [1.807, 2.05) is 11.6 Å². The van der Waals surface area contributed by atoms with Crippen LogP contribution in [0.2, 0.25) is 0 Å². The molecular weight excluding hydrogens is 374 g/mol. The maximum Gasteiger partial charge on any atom is 0.252 e. The molecule has 156 valence electrons. The van der Waals surface area contributed by atoms with Crippen LogP contribution in [-0.4, -0.2) is 45.2 Å². The monoisotopic (exact) mass is 403 g/mol. The van der Waals surface area contributed by atoms with Gasteiger partial charge in [0.1, 0.15) is 0 Å². The van der Waals surface area contributed by atoms with Crippen molar-refractivity contribution in [2.24, 2.45) is 5.92 Å². The molecule has 1 atom stereocenters. The molecule has 1 saturated heterocycles. The number of nitrogens with zero attached hydrogens (tertiary/aromatic N) is 4. The topological polar surface area (TPSA) is 63.0 Å². The van der Waals surface area contributed by atoms with Gasteiger partial charge in [-0.2, -0.15) is 5.10 Å². The molecule has 1 fully saturated rings. The average molecular weight is 404 g/mol. The lowest BCUT2D eigenvalue weighted by Crippen LogP contribution is -2.40. The number of amides is 1. The number of hydrogen-bond donors (Lipinski definition) is 1. The summed E-state index contributed by atoms with van der Waals surface area (Å²) in [5.41, 5.74) is 5.19. The highest BCUT2D eigenvalue weighted by molar-refractivity contribution is 5.93. The van der Waals surface area contributed by atoms with E-state index in [2.05, 4.69) is 57.6 Å². The lowest BCUT2D eigenvalue weighted by atomic mass is 9.97. The van der Waals surface area contributed by atoms with Crippen molar-refractivity contribution in [1.29, 1.82) is 0 Å². The Balaban J connectivity index is 1.34. The number of pyridine rings is 1. The van der Waals surface area contributed by atoms with Crippen LogP contribution in [0.4, 0.5) is 0 Å². The Bertz CT molecular complexity index is 998. The molecular formula is C24H29N5O. The number of aromatic nitrogens is 3. The van der Waals surface area contributed by atoms with E-state index in [9.17, 15) is 4.79 Å². The number of aryl methyl sites for hydroxylation is 2. The molecule has 0 saturated carbocycles. The molecule has 2 aromatic heterocycles. The number of likely N-dealkylation sites (tertiary alicyclic amines) is 1. The molecule has 0 bridgehead atoms. The van der Waals surface area contributed by atoms with Gasteiger partial charge in [0.05, 0.1) is 16.9 Å². The largest absolute Gasteiger partial charge is 0.352 e. The number of piperidine rings is 1. The summed E-state index contributed by atoms with van der Waals surface area (Å²) in [7, 11) is 0. The lowest BCUT2D eigenvalue weighted by molar-refractivity contribution is 0.0930. The summed E-state index contributed by atoms with van der Waals surface area (Å²) >= 11 is 0. The van der Waals surface area contributed by atoms with Crippen LogP contribution >= 0.6 is 0 Å². The average Bonchev–Trinajstić information content (AvgIpc) is 3.11. The van der Waals surface area contributed by atoms with Gasteiger partial charge in [-0.3, -0.25) is 14.7 Å². The van der Waals surface area contributed by atoms with E-state index < -0.39 is 0 Å². The van der Waals surface area contributed by atoms with Crippen LogP contribution in [0.15, 0.2) is 54.9 Å². The summed E-state index contributed by atoms with van der Waals surface area (Å²) in [6.45, 7) is 7.82. The van der Waals surface area contributed by atoms with E-state index in [0.717, 1.165) is 49.6 Å². The van der Waals surface area contributed by atoms with Crippen LogP contribution in [0.5, 0.6) is 0 Å². The standard InChI is InChI=1S/C24H29N5O/c1-18-12-19(2)29(27-18)23-9-3-6-20(13-23)16-28-11-5-7-21(17-28)14-26-24(30)22-8-4-10-25-15-22/h3-4,6,8-10,12-13,15,21H,5,7,11,14,16-17H2,1-2H3,(H,26,30)/t21-/m0/s1. The van der Waals surface area contributed by atoms with Crippen LogP contribution < -0.4 is 5.32 Å². The SMILES string of the molecule is Cc1cc(C)n(-c2cccc(CN3CCC[C@@H](CNC(=O)c4cccnc4)C3)c2)n1. The first kappa shape index (κ1) is 20.3. The maximum atomic E-state index is 12.3. The Hall–Kier alpha value is -2.99. The van der Waals surface area contributed by atoms with Crippen molar-refractivity contribution in [3.8, 4) is 5.69 Å². The summed E-state index contributed by atoms with van der Waals surface area (Å²) in [5, 5.41) is 7.68. The van der Waals surface area contributed by atoms with Crippen molar-refractivity contribution < 1.29 is 4.79 Å². The van der Waals surface area contributed by atoms with Gasteiger partial charge < -0.3 is 5.32 Å². The molecule has 6 heteroatoms. The van der Waals surface area contributed by atoms with Gasteiger partial charge in [-0.25, -0.2) is 4.68 Å². The van der Waals surface area contributed by atoms with Crippen molar-refractivity contribution in [2.45, 2.75) is 33.2 Å². The smallest absolute Gasteiger partial charge is 0.252 e. The summed E-state index contributed by atoms with van der Waals surface area (Å²) in [6.07, 6.45) is 5.60. The molecule has 30 heavy (non-hydrogen) atoms. The van der Waals surface area contributed by atoms with Gasteiger partial charge in [0, 0.05) is 37.7 Å². The quantitative estimate of drug-likeness (QED) is 0.684. The minimum absolute atomic E-state index is 0.0437. The predicted octanol–water partition coefficient (Wildman–Crippen LogP) is 3.53. The normalized spacial score (nSPS) is 17.1. The van der Waals surface area contributed by atoms with Gasteiger partial charge in [0.25, 0.3) is 5.91 Å². The Kier molecular flexibility index (Phi) is 6.23. The molecule has 0 radical (unpaired) electrons. The van der Waals surface area contributed by atoms with Crippen molar-refractivity contribution in [3.05, 3.63) is 77.4 Å². The minimum Gasteiger partial charge on any atom is -0.352 e. The summed E-state index contributed by atoms with van der Waals surface area (Å²) in [6, 6.07) is 14.3. The second kappa shape index (κ2) is 9.22. The van der Waals surface area contributed by atoms with Crippen molar-refractivity contribution in [1.82, 2.24) is 25.0 Å². The fourth-order valence-corrected chi connectivity index (χ4v) is 4.23. The molecule has 1 aromatic carbocycles. The molecule has 6 nitrogen and oxygen atoms in total. The molecule has 0 unspecified atom stereocenters. The number of hydrogen-bond acceptors (Lipinski definition) is 4. The minimum atomic E-state index is -0.0437. The third kappa shape index (κ3) is 4.94. The van der Waals surface area contributed by atoms with Crippen LogP contribution in [0, 0.1) is 19.8 Å². The first-order valence-electron chi connectivity index (χ1n) is 10.6. The van der Waals surface area contributed by atoms with Crippen molar-refractivity contribution >= 4 is 5.91 Å². The zero-order valence-corrected chi connectivity index (χ0v) is 17.7. The summed E-state index contributed by atoms with van der Waals surface area (Å²) < 4.78 is 2.01. The van der Waals surface area contributed by atoms with E-state index in [4.69, 9.17) is 0 Å². The van der Waals surface area contributed by atoms with Crippen LogP contribution in [-0.2, 0) is 6.54 Å². The number of carbonyl (C=O) groups excluding carboxylic acids is 1. The van der Waals surface area contributed by atoms with Gasteiger partial charge in [0.2, 0.25) is 0 Å². The van der Waals surface area contributed by atoms with Gasteiger partial charge in [0.15, 0.2) is 0 Å². The number of benzene rings is 1. The highest BCUT2D eigenvalue weighted by Gasteiger charge is 2.21. The second-order valence-corrected chi connectivity index (χ2v) is 8.20. The maximum absolute atomic E-state index is 12.3. The molecule has 1 N–H and O–H groups in total. The fraction of sp³-hybridized carbons (Fsp3) is 0.375. The van der Waals surface area contributed by atoms with Crippen molar-refractivity contribution in [3.63, 3.8) is 0 Å². The second-order valence-electron chi connectivity index (χ2n) is 8.20. The highest BCUT2D eigenvalue weighted by Crippen LogP contribution is 2.20. The summed E-state index contributed by atoms with van der Waals surface area (Å²) in [4.78, 5) is 18.8. The summed E-state index contributed by atoms with van der Waals surface area (Å²) in [5.74, 6) is 0.427. The van der Waals surface area contributed by atoms with E-state index in [-0.39, 0.29) is 5.91 Å². The molecule has 4 rings (SSSR count). The van der Waals surface area contributed by atoms with Gasteiger partial charge in [-0.05, 0) is 75.0 Å². The number of rotatable bonds is 6. The Labute approximate surface area is 177 Å². The number of nitrogens with one attached hydrogen (secondary N) is 1. The molecule has 0 aliphatic carbocycles. The zero-order valence-electron chi connectivity index (χ0n) is 17.7. The van der Waals surface area contributed by atoms with E-state index in [1.54, 1.807) is 24.5 Å². The van der Waals surface area contributed by atoms with E-state index in [0.29, 0.717) is 18.0 Å². The van der Waals surface area contributed by atoms with Crippen LogP contribution in [0.1, 0.15) is 40.2 Å². The molecule has 3 heterocycles. The van der Waals surface area contributed by atoms with Crippen molar-refractivity contribution in [2.75, 3.05) is 19.6 Å². The Morgan fingerprint density at radius 2 is 2.10 bits per heavy atom. The Morgan fingerprint density at radius 3 is 2.87 bits per heavy atom. The predicted molar refractivity (Wildman–Crippen MR) is 118 cm³/mol. The fourth-order valence-electron chi connectivity index (χ4n) is 4.23. The first-order valence-corrected chi connectivity index (χ1v) is 10.6. The van der Waals surface area contributed by atoms with Gasteiger partial charge in [-0.15, -0.1) is 0 Å². The van der Waals surface area contributed by atoms with Crippen LogP contribution in [0.3, 0.4) is 0 Å². The van der Waals surface area contributed by atoms with Gasteiger partial charge in [-0.1, -0.05) is 12.1 Å². The third-order valence-electron chi connectivity index (χ3n) is 5.65. The molecule has 1 amide bonds. The van der Waals surface area contributed by atoms with Gasteiger partial charge >= 0.3 is 0 Å². The lowest BCUT2D eigenvalue weighted by Gasteiger charge is -2.33. The molecule has 3 aromatic rings. The van der Waals surface area contributed by atoms with E-state index >= 15 is 0 Å². The highest BCUT2D eigenvalue weighted by atomic mass is 16.1. The Morgan fingerprint density at radius 1 is 1.20 bits per heavy atom. The third-order valence-corrected chi connectivity index (χ3v) is 5.65. The first-order chi connectivity index (χ1) is 14.6. The molecule has 1 aliphatic heterocycles. The molecule has 1 aliphatic rings. The zero-order chi connectivity index (χ0) is 20.9.